The molecule has 2 N–H and O–H groups in total. The Balaban J connectivity index is 2.39. The van der Waals surface area contributed by atoms with E-state index in [2.05, 4.69) is 11.8 Å². The van der Waals surface area contributed by atoms with Crippen molar-refractivity contribution in [1.29, 1.82) is 0 Å². The fraction of sp³-hybridized carbons (Fsp3) is 0.833. The standard InChI is InChI=1S/C12H20O2/c1-2-3-5-8-11(13)12(14)9-6-4-7-10-12/h11,13-14H,4-10H2,1H3. The average Bonchev–Trinajstić information content (AvgIpc) is 2.19. The van der Waals surface area contributed by atoms with Crippen LogP contribution >= 0.6 is 0 Å². The molecule has 0 radical (unpaired) electrons. The van der Waals surface area contributed by atoms with Gasteiger partial charge in [-0.1, -0.05) is 19.3 Å². The van der Waals surface area contributed by atoms with Crippen LogP contribution in [0.25, 0.3) is 0 Å². The number of aliphatic hydroxyl groups excluding tert-OH is 1. The molecule has 0 aromatic heterocycles. The summed E-state index contributed by atoms with van der Waals surface area (Å²) in [6.07, 6.45) is 5.42. The van der Waals surface area contributed by atoms with E-state index < -0.39 is 11.7 Å². The fourth-order valence-corrected chi connectivity index (χ4v) is 2.10. The van der Waals surface area contributed by atoms with Crippen molar-refractivity contribution in [2.24, 2.45) is 0 Å². The Morgan fingerprint density at radius 2 is 1.93 bits per heavy atom. The van der Waals surface area contributed by atoms with Gasteiger partial charge in [-0.2, -0.15) is 0 Å². The number of aliphatic hydroxyl groups is 2. The van der Waals surface area contributed by atoms with Crippen molar-refractivity contribution in [2.75, 3.05) is 0 Å². The molecule has 1 aliphatic carbocycles. The van der Waals surface area contributed by atoms with Crippen LogP contribution in [0, 0.1) is 11.8 Å². The summed E-state index contributed by atoms with van der Waals surface area (Å²) >= 11 is 0. The Labute approximate surface area is 86.3 Å². The summed E-state index contributed by atoms with van der Waals surface area (Å²) in [5.41, 5.74) is -0.826. The second kappa shape index (κ2) is 5.38. The predicted octanol–water partition coefficient (Wildman–Crippen LogP) is 1.85. The lowest BCUT2D eigenvalue weighted by atomic mass is 9.79. The van der Waals surface area contributed by atoms with Crippen LogP contribution in [0.1, 0.15) is 51.9 Å². The van der Waals surface area contributed by atoms with Gasteiger partial charge in [0.15, 0.2) is 0 Å². The minimum Gasteiger partial charge on any atom is -0.390 e. The van der Waals surface area contributed by atoms with Crippen LogP contribution in [0.15, 0.2) is 0 Å². The maximum Gasteiger partial charge on any atom is 0.0905 e. The Morgan fingerprint density at radius 3 is 2.50 bits per heavy atom. The van der Waals surface area contributed by atoms with Crippen molar-refractivity contribution in [3.05, 3.63) is 0 Å². The molecular weight excluding hydrogens is 176 g/mol. The minimum atomic E-state index is -0.826. The van der Waals surface area contributed by atoms with Gasteiger partial charge in [0.05, 0.1) is 11.7 Å². The van der Waals surface area contributed by atoms with E-state index in [-0.39, 0.29) is 0 Å². The van der Waals surface area contributed by atoms with Crippen LogP contribution in [0.2, 0.25) is 0 Å². The van der Waals surface area contributed by atoms with Gasteiger partial charge in [-0.3, -0.25) is 0 Å². The maximum atomic E-state index is 10.1. The lowest BCUT2D eigenvalue weighted by molar-refractivity contribution is -0.0988. The molecular formula is C12H20O2. The van der Waals surface area contributed by atoms with Crippen molar-refractivity contribution in [1.82, 2.24) is 0 Å². The zero-order valence-corrected chi connectivity index (χ0v) is 8.92. The molecule has 1 unspecified atom stereocenters. The van der Waals surface area contributed by atoms with E-state index in [0.29, 0.717) is 12.8 Å². The normalized spacial score (nSPS) is 22.2. The molecule has 14 heavy (non-hydrogen) atoms. The summed E-state index contributed by atoms with van der Waals surface area (Å²) in [5, 5.41) is 20.0. The first-order valence-corrected chi connectivity index (χ1v) is 5.49. The highest BCUT2D eigenvalue weighted by Gasteiger charge is 2.35. The maximum absolute atomic E-state index is 10.1. The molecule has 2 heteroatoms. The largest absolute Gasteiger partial charge is 0.390 e. The molecule has 0 saturated heterocycles. The summed E-state index contributed by atoms with van der Waals surface area (Å²) in [4.78, 5) is 0. The third-order valence-electron chi connectivity index (χ3n) is 3.06. The second-order valence-corrected chi connectivity index (χ2v) is 4.15. The van der Waals surface area contributed by atoms with Crippen LogP contribution in [-0.2, 0) is 0 Å². The molecule has 80 valence electrons. The van der Waals surface area contributed by atoms with Gasteiger partial charge in [0.1, 0.15) is 0 Å². The SMILES string of the molecule is CC#CCCC(O)C1(O)CCCCC1. The Morgan fingerprint density at radius 1 is 1.29 bits per heavy atom. The molecule has 0 spiro atoms. The molecule has 1 atom stereocenters. The van der Waals surface area contributed by atoms with Gasteiger partial charge < -0.3 is 10.2 Å². The van der Waals surface area contributed by atoms with Crippen LogP contribution < -0.4 is 0 Å². The molecule has 0 aromatic carbocycles. The first kappa shape index (κ1) is 11.6. The zero-order valence-electron chi connectivity index (χ0n) is 8.92. The van der Waals surface area contributed by atoms with Crippen molar-refractivity contribution >= 4 is 0 Å². The predicted molar refractivity (Wildman–Crippen MR) is 56.7 cm³/mol. The van der Waals surface area contributed by atoms with Crippen LogP contribution in [0.5, 0.6) is 0 Å². The summed E-state index contributed by atoms with van der Waals surface area (Å²) in [6, 6.07) is 0. The summed E-state index contributed by atoms with van der Waals surface area (Å²) in [7, 11) is 0. The third kappa shape index (κ3) is 3.01. The number of hydrogen-bond donors (Lipinski definition) is 2. The molecule has 1 saturated carbocycles. The first-order valence-electron chi connectivity index (χ1n) is 5.49. The van der Waals surface area contributed by atoms with Gasteiger partial charge in [0.2, 0.25) is 0 Å². The fourth-order valence-electron chi connectivity index (χ4n) is 2.10. The van der Waals surface area contributed by atoms with E-state index in [1.54, 1.807) is 6.92 Å². The molecule has 0 heterocycles. The average molecular weight is 196 g/mol. The third-order valence-corrected chi connectivity index (χ3v) is 3.06. The van der Waals surface area contributed by atoms with Gasteiger partial charge in [-0.15, -0.1) is 11.8 Å². The molecule has 0 amide bonds. The minimum absolute atomic E-state index is 0.594. The zero-order chi connectivity index (χ0) is 10.4. The van der Waals surface area contributed by atoms with E-state index in [9.17, 15) is 10.2 Å². The van der Waals surface area contributed by atoms with Crippen LogP contribution in [0.3, 0.4) is 0 Å². The van der Waals surface area contributed by atoms with E-state index in [0.717, 1.165) is 25.7 Å². The smallest absolute Gasteiger partial charge is 0.0905 e. The Kier molecular flexibility index (Phi) is 4.44. The molecule has 2 nitrogen and oxygen atoms in total. The molecule has 0 aliphatic heterocycles. The van der Waals surface area contributed by atoms with E-state index in [4.69, 9.17) is 0 Å². The highest BCUT2D eigenvalue weighted by atomic mass is 16.3. The lowest BCUT2D eigenvalue weighted by Gasteiger charge is -2.36. The summed E-state index contributed by atoms with van der Waals surface area (Å²) in [5.74, 6) is 5.71. The number of hydrogen-bond acceptors (Lipinski definition) is 2. The van der Waals surface area contributed by atoms with Gasteiger partial charge in [-0.25, -0.2) is 0 Å². The van der Waals surface area contributed by atoms with Crippen LogP contribution in [0.4, 0.5) is 0 Å². The highest BCUT2D eigenvalue weighted by molar-refractivity contribution is 4.97. The molecule has 1 fully saturated rings. The molecule has 1 rings (SSSR count). The molecule has 1 aliphatic rings. The summed E-state index contributed by atoms with van der Waals surface area (Å²) < 4.78 is 0. The topological polar surface area (TPSA) is 40.5 Å². The van der Waals surface area contributed by atoms with Crippen molar-refractivity contribution in [2.45, 2.75) is 63.6 Å². The lowest BCUT2D eigenvalue weighted by Crippen LogP contribution is -2.43. The van der Waals surface area contributed by atoms with Crippen LogP contribution in [-0.4, -0.2) is 21.9 Å². The van der Waals surface area contributed by atoms with Crippen molar-refractivity contribution < 1.29 is 10.2 Å². The van der Waals surface area contributed by atoms with Gasteiger partial charge in [0, 0.05) is 6.42 Å². The first-order chi connectivity index (χ1) is 6.69. The highest BCUT2D eigenvalue weighted by Crippen LogP contribution is 2.32. The van der Waals surface area contributed by atoms with Crippen molar-refractivity contribution in [3.8, 4) is 11.8 Å². The monoisotopic (exact) mass is 196 g/mol. The van der Waals surface area contributed by atoms with Gasteiger partial charge in [-0.05, 0) is 26.2 Å². The van der Waals surface area contributed by atoms with E-state index >= 15 is 0 Å². The van der Waals surface area contributed by atoms with E-state index in [1.165, 1.54) is 6.42 Å². The number of rotatable bonds is 3. The van der Waals surface area contributed by atoms with Gasteiger partial charge >= 0.3 is 0 Å². The molecule has 0 aromatic rings. The Hall–Kier alpha value is -0.520. The van der Waals surface area contributed by atoms with E-state index in [1.807, 2.05) is 0 Å². The Bertz CT molecular complexity index is 218. The second-order valence-electron chi connectivity index (χ2n) is 4.15. The quantitative estimate of drug-likeness (QED) is 0.676. The van der Waals surface area contributed by atoms with Gasteiger partial charge in [0.25, 0.3) is 0 Å². The van der Waals surface area contributed by atoms with Crippen molar-refractivity contribution in [3.63, 3.8) is 0 Å². The molecule has 0 bridgehead atoms. The summed E-state index contributed by atoms with van der Waals surface area (Å²) in [6.45, 7) is 1.79.